The second-order valence-electron chi connectivity index (χ2n) is 4.00. The predicted octanol–water partition coefficient (Wildman–Crippen LogP) is 2.22. The third-order valence-corrected chi connectivity index (χ3v) is 2.81. The number of nitrogens with two attached hydrogens (primary N) is 1. The molecule has 0 aliphatic carbocycles. The molecular formula is C13H10ClFN4O2. The smallest absolute Gasteiger partial charge is 0.274 e. The van der Waals surface area contributed by atoms with Crippen LogP contribution in [0.25, 0.3) is 0 Å². The number of nitrogens with zero attached hydrogens (tertiary/aromatic N) is 2. The Labute approximate surface area is 124 Å². The summed E-state index contributed by atoms with van der Waals surface area (Å²) >= 11 is 5.62. The van der Waals surface area contributed by atoms with E-state index in [1.54, 1.807) is 0 Å². The number of anilines is 1. The maximum Gasteiger partial charge on any atom is 0.274 e. The highest BCUT2D eigenvalue weighted by molar-refractivity contribution is 6.30. The Kier molecular flexibility index (Phi) is 4.34. The lowest BCUT2D eigenvalue weighted by Gasteiger charge is -2.06. The highest BCUT2D eigenvalue weighted by atomic mass is 35.5. The lowest BCUT2D eigenvalue weighted by atomic mass is 10.2. The maximum atomic E-state index is 13.6. The van der Waals surface area contributed by atoms with Crippen molar-refractivity contribution in [3.63, 3.8) is 0 Å². The average Bonchev–Trinajstić information content (AvgIpc) is 2.49. The van der Waals surface area contributed by atoms with Gasteiger partial charge in [-0.3, -0.25) is 9.78 Å². The monoisotopic (exact) mass is 308 g/mol. The van der Waals surface area contributed by atoms with Crippen LogP contribution in [0.2, 0.25) is 5.02 Å². The van der Waals surface area contributed by atoms with Crippen LogP contribution in [0.1, 0.15) is 16.1 Å². The van der Waals surface area contributed by atoms with Gasteiger partial charge in [-0.25, -0.2) is 4.39 Å². The largest absolute Gasteiger partial charge is 0.409 e. The van der Waals surface area contributed by atoms with E-state index in [0.29, 0.717) is 5.56 Å². The standard InChI is InChI=1S/C13H10ClFN4O2/c14-8-2-4-10(9(15)5-8)18-13(20)11-3-1-7(6-17-11)12(16)19-21/h1-6,21H,(H2,16,19)(H,18,20). The summed E-state index contributed by atoms with van der Waals surface area (Å²) in [4.78, 5) is 15.8. The number of nitrogens with one attached hydrogen (secondary N) is 1. The first kappa shape index (κ1) is 14.7. The molecule has 0 aliphatic rings. The van der Waals surface area contributed by atoms with Crippen molar-refractivity contribution in [1.82, 2.24) is 4.98 Å². The van der Waals surface area contributed by atoms with Gasteiger partial charge in [-0.1, -0.05) is 16.8 Å². The molecule has 0 spiro atoms. The molecule has 0 atom stereocenters. The van der Waals surface area contributed by atoms with Crippen LogP contribution in [-0.2, 0) is 0 Å². The van der Waals surface area contributed by atoms with Crippen molar-refractivity contribution < 1.29 is 14.4 Å². The average molecular weight is 309 g/mol. The van der Waals surface area contributed by atoms with Crippen molar-refractivity contribution in [2.24, 2.45) is 10.9 Å². The minimum absolute atomic E-state index is 0.00767. The van der Waals surface area contributed by atoms with Crippen molar-refractivity contribution in [2.45, 2.75) is 0 Å². The van der Waals surface area contributed by atoms with E-state index in [9.17, 15) is 9.18 Å². The van der Waals surface area contributed by atoms with Crippen molar-refractivity contribution in [3.05, 3.63) is 58.6 Å². The first-order valence-corrected chi connectivity index (χ1v) is 6.09. The number of benzene rings is 1. The molecule has 0 aliphatic heterocycles. The van der Waals surface area contributed by atoms with Crippen molar-refractivity contribution >= 4 is 29.0 Å². The number of rotatable bonds is 3. The second-order valence-corrected chi connectivity index (χ2v) is 4.43. The quantitative estimate of drug-likeness (QED) is 0.350. The molecule has 0 radical (unpaired) electrons. The highest BCUT2D eigenvalue weighted by Crippen LogP contribution is 2.19. The fourth-order valence-corrected chi connectivity index (χ4v) is 1.67. The van der Waals surface area contributed by atoms with Crippen LogP contribution in [0.5, 0.6) is 0 Å². The van der Waals surface area contributed by atoms with Crippen LogP contribution in [0, 0.1) is 5.82 Å². The zero-order chi connectivity index (χ0) is 15.4. The third-order valence-electron chi connectivity index (χ3n) is 2.58. The fraction of sp³-hybridized carbons (Fsp3) is 0. The fourth-order valence-electron chi connectivity index (χ4n) is 1.51. The Morgan fingerprint density at radius 2 is 2.14 bits per heavy atom. The molecule has 0 fully saturated rings. The van der Waals surface area contributed by atoms with Gasteiger partial charge in [0.15, 0.2) is 5.84 Å². The minimum Gasteiger partial charge on any atom is -0.409 e. The van der Waals surface area contributed by atoms with Gasteiger partial charge in [0, 0.05) is 16.8 Å². The van der Waals surface area contributed by atoms with Gasteiger partial charge in [0.05, 0.1) is 5.69 Å². The van der Waals surface area contributed by atoms with Crippen LogP contribution in [0.15, 0.2) is 41.7 Å². The van der Waals surface area contributed by atoms with Crippen LogP contribution < -0.4 is 11.1 Å². The van der Waals surface area contributed by atoms with E-state index in [1.165, 1.54) is 30.5 Å². The molecule has 1 heterocycles. The van der Waals surface area contributed by atoms with Crippen molar-refractivity contribution in [3.8, 4) is 0 Å². The molecule has 21 heavy (non-hydrogen) atoms. The molecule has 4 N–H and O–H groups in total. The van der Waals surface area contributed by atoms with Gasteiger partial charge in [0.2, 0.25) is 0 Å². The molecule has 0 bridgehead atoms. The number of pyridine rings is 1. The van der Waals surface area contributed by atoms with E-state index in [1.807, 2.05) is 0 Å². The summed E-state index contributed by atoms with van der Waals surface area (Å²) in [6, 6.07) is 6.72. The molecule has 1 aromatic heterocycles. The number of aromatic nitrogens is 1. The van der Waals surface area contributed by atoms with Crippen LogP contribution >= 0.6 is 11.6 Å². The van der Waals surface area contributed by atoms with Gasteiger partial charge in [0.25, 0.3) is 5.91 Å². The van der Waals surface area contributed by atoms with Gasteiger partial charge in [-0.05, 0) is 30.3 Å². The summed E-state index contributed by atoms with van der Waals surface area (Å²) in [5.41, 5.74) is 5.78. The van der Waals surface area contributed by atoms with Gasteiger partial charge >= 0.3 is 0 Å². The Hall–Kier alpha value is -2.67. The molecule has 1 amide bonds. The maximum absolute atomic E-state index is 13.6. The summed E-state index contributed by atoms with van der Waals surface area (Å²) < 4.78 is 13.6. The zero-order valence-corrected chi connectivity index (χ0v) is 11.3. The summed E-state index contributed by atoms with van der Waals surface area (Å²) in [5, 5.41) is 13.9. The lowest BCUT2D eigenvalue weighted by molar-refractivity contribution is 0.102. The predicted molar refractivity (Wildman–Crippen MR) is 76.1 cm³/mol. The highest BCUT2D eigenvalue weighted by Gasteiger charge is 2.11. The van der Waals surface area contributed by atoms with E-state index in [-0.39, 0.29) is 22.2 Å². The molecule has 1 aromatic carbocycles. The van der Waals surface area contributed by atoms with Crippen molar-refractivity contribution in [2.75, 3.05) is 5.32 Å². The third kappa shape index (κ3) is 3.46. The number of carbonyl (C=O) groups excluding carboxylic acids is 1. The number of hydrogen-bond acceptors (Lipinski definition) is 4. The Balaban J connectivity index is 2.17. The van der Waals surface area contributed by atoms with Gasteiger partial charge in [-0.2, -0.15) is 0 Å². The molecule has 0 unspecified atom stereocenters. The second kappa shape index (κ2) is 6.19. The Morgan fingerprint density at radius 3 is 2.71 bits per heavy atom. The Bertz CT molecular complexity index is 704. The number of amides is 1. The summed E-state index contributed by atoms with van der Waals surface area (Å²) in [6.45, 7) is 0. The molecule has 0 saturated carbocycles. The normalized spacial score (nSPS) is 11.2. The minimum atomic E-state index is -0.649. The number of carbonyl (C=O) groups is 1. The summed E-state index contributed by atoms with van der Waals surface area (Å²) in [7, 11) is 0. The molecule has 0 saturated heterocycles. The van der Waals surface area contributed by atoms with E-state index >= 15 is 0 Å². The van der Waals surface area contributed by atoms with E-state index in [0.717, 1.165) is 6.07 Å². The van der Waals surface area contributed by atoms with Crippen LogP contribution in [-0.4, -0.2) is 21.9 Å². The molecular weight excluding hydrogens is 299 g/mol. The lowest BCUT2D eigenvalue weighted by Crippen LogP contribution is -2.17. The number of hydrogen-bond donors (Lipinski definition) is 3. The SMILES string of the molecule is NC(=NO)c1ccc(C(=O)Nc2ccc(Cl)cc2F)nc1. The molecule has 2 rings (SSSR count). The van der Waals surface area contributed by atoms with Crippen LogP contribution in [0.4, 0.5) is 10.1 Å². The van der Waals surface area contributed by atoms with E-state index in [2.05, 4.69) is 15.5 Å². The van der Waals surface area contributed by atoms with Crippen molar-refractivity contribution in [1.29, 1.82) is 0 Å². The molecule has 8 heteroatoms. The number of oxime groups is 1. The van der Waals surface area contributed by atoms with E-state index < -0.39 is 11.7 Å². The van der Waals surface area contributed by atoms with E-state index in [4.69, 9.17) is 22.5 Å². The topological polar surface area (TPSA) is 101 Å². The van der Waals surface area contributed by atoms with Gasteiger partial charge in [0.1, 0.15) is 11.5 Å². The van der Waals surface area contributed by atoms with Crippen LogP contribution in [0.3, 0.4) is 0 Å². The molecule has 2 aromatic rings. The summed E-state index contributed by atoms with van der Waals surface area (Å²) in [5.74, 6) is -1.37. The van der Waals surface area contributed by atoms with Gasteiger partial charge in [-0.15, -0.1) is 0 Å². The number of amidine groups is 1. The Morgan fingerprint density at radius 1 is 1.38 bits per heavy atom. The first-order valence-electron chi connectivity index (χ1n) is 5.71. The molecule has 6 nitrogen and oxygen atoms in total. The number of halogens is 2. The molecule has 108 valence electrons. The zero-order valence-electron chi connectivity index (χ0n) is 10.5. The first-order chi connectivity index (χ1) is 10.0. The summed E-state index contributed by atoms with van der Waals surface area (Å²) in [6.07, 6.45) is 1.27. The van der Waals surface area contributed by atoms with Gasteiger partial charge < -0.3 is 16.3 Å².